The zero-order valence-electron chi connectivity index (χ0n) is 17.4. The number of carbonyl (C=O) groups excluding carboxylic acids is 4. The van der Waals surface area contributed by atoms with Crippen LogP contribution in [-0.2, 0) is 27.1 Å². The highest BCUT2D eigenvalue weighted by Gasteiger charge is 2.26. The molecule has 8 nitrogen and oxygen atoms in total. The van der Waals surface area contributed by atoms with E-state index in [1.807, 2.05) is 13.8 Å². The van der Waals surface area contributed by atoms with Crippen molar-refractivity contribution in [1.29, 1.82) is 0 Å². The molecule has 2 rings (SSSR count). The molecule has 0 aliphatic heterocycles. The van der Waals surface area contributed by atoms with Crippen molar-refractivity contribution in [2.45, 2.75) is 46.5 Å². The summed E-state index contributed by atoms with van der Waals surface area (Å²) in [5, 5.41) is 0. The first kappa shape index (κ1) is 22.1. The third-order valence-corrected chi connectivity index (χ3v) is 5.14. The summed E-state index contributed by atoms with van der Waals surface area (Å²) in [6.45, 7) is 5.61. The molecule has 0 saturated heterocycles. The zero-order chi connectivity index (χ0) is 21.7. The molecule has 0 aliphatic carbocycles. The van der Waals surface area contributed by atoms with Crippen LogP contribution in [0.4, 0.5) is 0 Å². The third kappa shape index (κ3) is 4.47. The van der Waals surface area contributed by atoms with Crippen molar-refractivity contribution in [1.82, 2.24) is 9.97 Å². The Labute approximate surface area is 169 Å². The van der Waals surface area contributed by atoms with Crippen LogP contribution in [0.15, 0.2) is 0 Å². The fourth-order valence-corrected chi connectivity index (χ4v) is 3.48. The number of Topliss-reactive ketones (excluding diaryl/α,β-unsaturated/α-hetero) is 1. The van der Waals surface area contributed by atoms with E-state index in [0.29, 0.717) is 23.4 Å². The number of esters is 2. The number of aromatic nitrogens is 2. The number of methoxy groups -OCH3 is 2. The van der Waals surface area contributed by atoms with E-state index in [-0.39, 0.29) is 29.9 Å². The van der Waals surface area contributed by atoms with Gasteiger partial charge in [0.1, 0.15) is 0 Å². The van der Waals surface area contributed by atoms with Gasteiger partial charge in [0.25, 0.3) is 0 Å². The van der Waals surface area contributed by atoms with E-state index in [1.165, 1.54) is 14.2 Å². The van der Waals surface area contributed by atoms with Crippen molar-refractivity contribution in [3.8, 4) is 0 Å². The minimum atomic E-state index is -0.627. The molecule has 0 aromatic carbocycles. The Morgan fingerprint density at radius 2 is 1.66 bits per heavy atom. The van der Waals surface area contributed by atoms with Gasteiger partial charge in [0.15, 0.2) is 12.1 Å². The Balaban J connectivity index is 2.45. The highest BCUT2D eigenvalue weighted by atomic mass is 16.5. The summed E-state index contributed by atoms with van der Waals surface area (Å²) >= 11 is 0. The van der Waals surface area contributed by atoms with Gasteiger partial charge in [0.05, 0.1) is 37.6 Å². The van der Waals surface area contributed by atoms with Crippen molar-refractivity contribution >= 4 is 24.0 Å². The van der Waals surface area contributed by atoms with Gasteiger partial charge in [-0.15, -0.1) is 0 Å². The topological polar surface area (TPSA) is 118 Å². The van der Waals surface area contributed by atoms with Crippen LogP contribution in [0, 0.1) is 13.8 Å². The van der Waals surface area contributed by atoms with Crippen LogP contribution in [0.2, 0.25) is 0 Å². The molecule has 0 amide bonds. The van der Waals surface area contributed by atoms with Gasteiger partial charge >= 0.3 is 11.9 Å². The number of aromatic amines is 2. The highest BCUT2D eigenvalue weighted by molar-refractivity contribution is 6.07. The van der Waals surface area contributed by atoms with Crippen LogP contribution in [0.1, 0.15) is 79.2 Å². The number of H-pyrrole nitrogens is 2. The summed E-state index contributed by atoms with van der Waals surface area (Å²) in [7, 11) is 2.50. The van der Waals surface area contributed by atoms with Gasteiger partial charge < -0.3 is 19.4 Å². The molecule has 156 valence electrons. The Hall–Kier alpha value is -3.16. The monoisotopic (exact) mass is 402 g/mol. The van der Waals surface area contributed by atoms with Gasteiger partial charge in [0.2, 0.25) is 0 Å². The van der Waals surface area contributed by atoms with Gasteiger partial charge in [0, 0.05) is 24.2 Å². The standard InChI is InChI=1S/C21H26N2O6/c1-6-13-11(2)16(10-24)22-15(13)9-14-12(3)19(21(27)29-5)20(23-14)17(25)7-8-18(26)28-4/h10,22-23H,6-9H2,1-5H3. The molecule has 29 heavy (non-hydrogen) atoms. The van der Waals surface area contributed by atoms with E-state index < -0.39 is 11.9 Å². The maximum absolute atomic E-state index is 12.7. The van der Waals surface area contributed by atoms with Crippen molar-refractivity contribution in [3.63, 3.8) is 0 Å². The number of ketones is 1. The van der Waals surface area contributed by atoms with Crippen LogP contribution in [-0.4, -0.2) is 48.2 Å². The molecule has 0 fully saturated rings. The summed E-state index contributed by atoms with van der Waals surface area (Å²) in [6.07, 6.45) is 1.73. The largest absolute Gasteiger partial charge is 0.469 e. The lowest BCUT2D eigenvalue weighted by atomic mass is 10.0. The van der Waals surface area contributed by atoms with E-state index >= 15 is 0 Å². The van der Waals surface area contributed by atoms with E-state index in [0.717, 1.165) is 29.5 Å². The first-order valence-corrected chi connectivity index (χ1v) is 9.34. The SMILES string of the molecule is CCc1c(Cc2[nH]c(C(=O)CCC(=O)OC)c(C(=O)OC)c2C)[nH]c(C=O)c1C. The molecule has 0 aliphatic rings. The first-order valence-electron chi connectivity index (χ1n) is 9.34. The van der Waals surface area contributed by atoms with Gasteiger partial charge in [-0.3, -0.25) is 14.4 Å². The van der Waals surface area contributed by atoms with Crippen LogP contribution < -0.4 is 0 Å². The molecular formula is C21H26N2O6. The molecule has 0 radical (unpaired) electrons. The number of ether oxygens (including phenoxy) is 2. The third-order valence-electron chi connectivity index (χ3n) is 5.14. The van der Waals surface area contributed by atoms with Crippen molar-refractivity contribution < 1.29 is 28.7 Å². The Morgan fingerprint density at radius 3 is 2.21 bits per heavy atom. The number of rotatable bonds is 9. The fraction of sp³-hybridized carbons (Fsp3) is 0.429. The predicted octanol–water partition coefficient (Wildman–Crippen LogP) is 2.85. The van der Waals surface area contributed by atoms with Gasteiger partial charge in [-0.2, -0.15) is 0 Å². The number of nitrogens with one attached hydrogen (secondary N) is 2. The molecule has 0 unspecified atom stereocenters. The zero-order valence-corrected chi connectivity index (χ0v) is 17.4. The molecule has 8 heteroatoms. The molecular weight excluding hydrogens is 376 g/mol. The Bertz CT molecular complexity index is 951. The summed E-state index contributed by atoms with van der Waals surface area (Å²) < 4.78 is 9.41. The lowest BCUT2D eigenvalue weighted by molar-refractivity contribution is -0.140. The molecule has 2 heterocycles. The predicted molar refractivity (Wildman–Crippen MR) is 106 cm³/mol. The molecule has 0 saturated carbocycles. The van der Waals surface area contributed by atoms with Crippen LogP contribution in [0.25, 0.3) is 0 Å². The number of carbonyl (C=O) groups is 4. The van der Waals surface area contributed by atoms with Crippen LogP contribution in [0.3, 0.4) is 0 Å². The first-order chi connectivity index (χ1) is 13.8. The van der Waals surface area contributed by atoms with E-state index in [1.54, 1.807) is 6.92 Å². The number of aldehydes is 1. The van der Waals surface area contributed by atoms with Crippen molar-refractivity contribution in [2.75, 3.05) is 14.2 Å². The molecule has 2 N–H and O–H groups in total. The van der Waals surface area contributed by atoms with Gasteiger partial charge in [-0.25, -0.2) is 4.79 Å². The van der Waals surface area contributed by atoms with Gasteiger partial charge in [-0.05, 0) is 37.0 Å². The van der Waals surface area contributed by atoms with E-state index in [2.05, 4.69) is 14.7 Å². The Morgan fingerprint density at radius 1 is 0.966 bits per heavy atom. The second-order valence-corrected chi connectivity index (χ2v) is 6.74. The fourth-order valence-electron chi connectivity index (χ4n) is 3.48. The number of hydrogen-bond donors (Lipinski definition) is 2. The van der Waals surface area contributed by atoms with Crippen molar-refractivity contribution in [2.24, 2.45) is 0 Å². The minimum absolute atomic E-state index is 0.0815. The van der Waals surface area contributed by atoms with E-state index in [9.17, 15) is 19.2 Å². The molecule has 2 aromatic rings. The summed E-state index contributed by atoms with van der Waals surface area (Å²) in [5.41, 5.74) is 4.83. The average Bonchev–Trinajstić information content (AvgIpc) is 3.21. The lowest BCUT2D eigenvalue weighted by Gasteiger charge is -2.04. The quantitative estimate of drug-likeness (QED) is 0.378. The average molecular weight is 402 g/mol. The second-order valence-electron chi connectivity index (χ2n) is 6.74. The molecule has 0 bridgehead atoms. The molecule has 2 aromatic heterocycles. The van der Waals surface area contributed by atoms with E-state index in [4.69, 9.17) is 4.74 Å². The number of hydrogen-bond acceptors (Lipinski definition) is 6. The molecule has 0 atom stereocenters. The summed E-state index contributed by atoms with van der Waals surface area (Å²) in [5.74, 6) is -1.51. The van der Waals surface area contributed by atoms with Gasteiger partial charge in [-0.1, -0.05) is 6.92 Å². The normalized spacial score (nSPS) is 10.7. The van der Waals surface area contributed by atoms with Crippen molar-refractivity contribution in [3.05, 3.63) is 45.0 Å². The second kappa shape index (κ2) is 9.36. The Kier molecular flexibility index (Phi) is 7.14. The summed E-state index contributed by atoms with van der Waals surface area (Å²) in [4.78, 5) is 53.8. The van der Waals surface area contributed by atoms with Crippen LogP contribution >= 0.6 is 0 Å². The van der Waals surface area contributed by atoms with Crippen LogP contribution in [0.5, 0.6) is 0 Å². The maximum atomic E-state index is 12.7. The minimum Gasteiger partial charge on any atom is -0.469 e. The molecule has 0 spiro atoms. The lowest BCUT2D eigenvalue weighted by Crippen LogP contribution is -2.12. The maximum Gasteiger partial charge on any atom is 0.340 e. The smallest absolute Gasteiger partial charge is 0.340 e. The summed E-state index contributed by atoms with van der Waals surface area (Å²) in [6, 6.07) is 0. The highest BCUT2D eigenvalue weighted by Crippen LogP contribution is 2.26.